The highest BCUT2D eigenvalue weighted by atomic mass is 16.6. The largest absolute Gasteiger partial charge is 0.369 e. The quantitative estimate of drug-likeness (QED) is 0.602. The lowest BCUT2D eigenvalue weighted by molar-refractivity contribution is -0.384. The van der Waals surface area contributed by atoms with Crippen molar-refractivity contribution in [3.8, 4) is 0 Å². The van der Waals surface area contributed by atoms with Crippen LogP contribution in [0.1, 0.15) is 37.0 Å². The van der Waals surface area contributed by atoms with Crippen molar-refractivity contribution >= 4 is 23.2 Å². The van der Waals surface area contributed by atoms with Gasteiger partial charge in [0.1, 0.15) is 5.69 Å². The first-order valence-electron chi connectivity index (χ1n) is 7.84. The minimum Gasteiger partial charge on any atom is -0.369 e. The Bertz CT molecular complexity index is 666. The molecule has 1 aromatic carbocycles. The number of nitro groups is 1. The molecule has 0 spiro atoms. The van der Waals surface area contributed by atoms with Crippen molar-refractivity contribution in [2.45, 2.75) is 26.7 Å². The molecule has 1 aliphatic rings. The minimum absolute atomic E-state index is 0.0584. The number of amides is 2. The molecule has 130 valence electrons. The Hall–Kier alpha value is -2.64. The average molecular weight is 334 g/mol. The number of nitrogens with zero attached hydrogens (tertiary/aromatic N) is 2. The van der Waals surface area contributed by atoms with Gasteiger partial charge in [0.15, 0.2) is 0 Å². The molecule has 0 radical (unpaired) electrons. The van der Waals surface area contributed by atoms with E-state index in [0.29, 0.717) is 5.69 Å². The van der Waals surface area contributed by atoms with Crippen molar-refractivity contribution in [3.63, 3.8) is 0 Å². The predicted octanol–water partition coefficient (Wildman–Crippen LogP) is 1.44. The van der Waals surface area contributed by atoms with E-state index >= 15 is 0 Å². The molecule has 1 fully saturated rings. The number of hydrogen-bond donors (Lipinski definition) is 2. The van der Waals surface area contributed by atoms with Gasteiger partial charge in [0, 0.05) is 31.3 Å². The number of nitro benzene ring substituents is 1. The van der Waals surface area contributed by atoms with Gasteiger partial charge in [-0.05, 0) is 38.8 Å². The Balaban J connectivity index is 2.18. The number of benzene rings is 1. The minimum atomic E-state index is -0.892. The second kappa shape index (κ2) is 6.86. The molecule has 0 atom stereocenters. The molecule has 3 N–H and O–H groups in total. The van der Waals surface area contributed by atoms with E-state index in [1.807, 2.05) is 4.90 Å². The molecule has 0 aromatic heterocycles. The van der Waals surface area contributed by atoms with Crippen LogP contribution in [-0.2, 0) is 4.79 Å². The van der Waals surface area contributed by atoms with E-state index in [1.54, 1.807) is 26.0 Å². The van der Waals surface area contributed by atoms with Gasteiger partial charge in [0.2, 0.25) is 5.91 Å². The summed E-state index contributed by atoms with van der Waals surface area (Å²) in [6.45, 7) is 4.85. The van der Waals surface area contributed by atoms with Crippen molar-refractivity contribution in [1.82, 2.24) is 5.32 Å². The molecule has 2 amide bonds. The zero-order chi connectivity index (χ0) is 17.9. The van der Waals surface area contributed by atoms with Crippen LogP contribution in [0.5, 0.6) is 0 Å². The Morgan fingerprint density at radius 2 is 1.96 bits per heavy atom. The fourth-order valence-electron chi connectivity index (χ4n) is 2.53. The number of nitrogens with two attached hydrogens (primary N) is 1. The van der Waals surface area contributed by atoms with E-state index in [4.69, 9.17) is 5.73 Å². The lowest BCUT2D eigenvalue weighted by atomic mass is 9.92. The van der Waals surface area contributed by atoms with E-state index in [0.717, 1.165) is 25.9 Å². The summed E-state index contributed by atoms with van der Waals surface area (Å²) in [5.41, 5.74) is 5.01. The van der Waals surface area contributed by atoms with E-state index in [2.05, 4.69) is 5.32 Å². The van der Waals surface area contributed by atoms with Crippen molar-refractivity contribution in [2.75, 3.05) is 24.5 Å². The van der Waals surface area contributed by atoms with Gasteiger partial charge in [-0.1, -0.05) is 0 Å². The zero-order valence-corrected chi connectivity index (χ0v) is 13.9. The summed E-state index contributed by atoms with van der Waals surface area (Å²) in [4.78, 5) is 36.3. The van der Waals surface area contributed by atoms with Gasteiger partial charge in [0.05, 0.1) is 10.3 Å². The van der Waals surface area contributed by atoms with Crippen LogP contribution in [0.3, 0.4) is 0 Å². The van der Waals surface area contributed by atoms with Gasteiger partial charge in [-0.2, -0.15) is 0 Å². The SMILES string of the molecule is CC(C)(CNC(=O)c1ccc(N2CCCC2)c([N+](=O)[O-])c1)C(N)=O. The molecule has 1 aliphatic heterocycles. The van der Waals surface area contributed by atoms with Crippen molar-refractivity contribution in [1.29, 1.82) is 0 Å². The lowest BCUT2D eigenvalue weighted by Gasteiger charge is -2.21. The number of anilines is 1. The first kappa shape index (κ1) is 17.7. The summed E-state index contributed by atoms with van der Waals surface area (Å²) in [5.74, 6) is -1.00. The summed E-state index contributed by atoms with van der Waals surface area (Å²) in [6.07, 6.45) is 2.00. The molecule has 1 aromatic rings. The van der Waals surface area contributed by atoms with E-state index in [9.17, 15) is 19.7 Å². The molecule has 0 bridgehead atoms. The number of carbonyl (C=O) groups is 2. The monoisotopic (exact) mass is 334 g/mol. The number of nitrogens with one attached hydrogen (secondary N) is 1. The van der Waals surface area contributed by atoms with Crippen LogP contribution < -0.4 is 16.0 Å². The van der Waals surface area contributed by atoms with E-state index in [1.165, 1.54) is 6.07 Å². The van der Waals surface area contributed by atoms with Gasteiger partial charge >= 0.3 is 0 Å². The molecule has 0 unspecified atom stereocenters. The third kappa shape index (κ3) is 3.81. The third-order valence-corrected chi connectivity index (χ3v) is 4.24. The summed E-state index contributed by atoms with van der Waals surface area (Å²) in [6, 6.07) is 4.45. The summed E-state index contributed by atoms with van der Waals surface area (Å²) in [5, 5.41) is 13.9. The molecule has 0 aliphatic carbocycles. The van der Waals surface area contributed by atoms with Crippen molar-refractivity contribution in [2.24, 2.45) is 11.1 Å². The number of primary amides is 1. The van der Waals surface area contributed by atoms with Crippen molar-refractivity contribution in [3.05, 3.63) is 33.9 Å². The lowest BCUT2D eigenvalue weighted by Crippen LogP contribution is -2.42. The van der Waals surface area contributed by atoms with E-state index in [-0.39, 0.29) is 17.8 Å². The molecule has 2 rings (SSSR count). The fourth-order valence-corrected chi connectivity index (χ4v) is 2.53. The standard InChI is InChI=1S/C16H22N4O4/c1-16(2,15(17)22)10-18-14(21)11-5-6-12(13(9-11)20(23)24)19-7-3-4-8-19/h5-6,9H,3-4,7-8,10H2,1-2H3,(H2,17,22)(H,18,21). The molecule has 8 nitrogen and oxygen atoms in total. The molecular formula is C16H22N4O4. The maximum absolute atomic E-state index is 12.2. The van der Waals surface area contributed by atoms with Gasteiger partial charge in [0.25, 0.3) is 11.6 Å². The Morgan fingerprint density at radius 3 is 2.50 bits per heavy atom. The van der Waals surface area contributed by atoms with Gasteiger partial charge in [-0.25, -0.2) is 0 Å². The van der Waals surface area contributed by atoms with Crippen molar-refractivity contribution < 1.29 is 14.5 Å². The second-order valence-electron chi connectivity index (χ2n) is 6.59. The summed E-state index contributed by atoms with van der Waals surface area (Å²) in [7, 11) is 0. The normalized spacial score (nSPS) is 14.5. The number of hydrogen-bond acceptors (Lipinski definition) is 5. The van der Waals surface area contributed by atoms with Gasteiger partial charge < -0.3 is 16.0 Å². The Labute approximate surface area is 140 Å². The molecule has 0 saturated carbocycles. The predicted molar refractivity (Wildman–Crippen MR) is 89.9 cm³/mol. The van der Waals surface area contributed by atoms with Crippen LogP contribution in [0, 0.1) is 15.5 Å². The first-order chi connectivity index (χ1) is 11.2. The molecule has 8 heteroatoms. The maximum Gasteiger partial charge on any atom is 0.293 e. The summed E-state index contributed by atoms with van der Waals surface area (Å²) < 4.78 is 0. The molecular weight excluding hydrogens is 312 g/mol. The van der Waals surface area contributed by atoms with Gasteiger partial charge in [-0.15, -0.1) is 0 Å². The smallest absolute Gasteiger partial charge is 0.293 e. The van der Waals surface area contributed by atoms with Crippen LogP contribution in [0.4, 0.5) is 11.4 Å². The second-order valence-corrected chi connectivity index (χ2v) is 6.59. The highest BCUT2D eigenvalue weighted by molar-refractivity contribution is 5.96. The van der Waals surface area contributed by atoms with Crippen LogP contribution in [0.25, 0.3) is 0 Å². The van der Waals surface area contributed by atoms with E-state index < -0.39 is 22.2 Å². The Morgan fingerprint density at radius 1 is 1.33 bits per heavy atom. The molecule has 24 heavy (non-hydrogen) atoms. The average Bonchev–Trinajstić information content (AvgIpc) is 3.06. The maximum atomic E-state index is 12.2. The fraction of sp³-hybridized carbons (Fsp3) is 0.500. The molecule has 1 saturated heterocycles. The van der Waals surface area contributed by atoms with Crippen LogP contribution in [0.15, 0.2) is 18.2 Å². The summed E-state index contributed by atoms with van der Waals surface area (Å²) >= 11 is 0. The zero-order valence-electron chi connectivity index (χ0n) is 13.9. The number of rotatable bonds is 6. The highest BCUT2D eigenvalue weighted by Gasteiger charge is 2.27. The first-order valence-corrected chi connectivity index (χ1v) is 7.84. The molecule has 1 heterocycles. The van der Waals surface area contributed by atoms with Crippen LogP contribution in [0.2, 0.25) is 0 Å². The third-order valence-electron chi connectivity index (χ3n) is 4.24. The van der Waals surface area contributed by atoms with Crippen LogP contribution >= 0.6 is 0 Å². The van der Waals surface area contributed by atoms with Gasteiger partial charge in [-0.3, -0.25) is 19.7 Å². The topological polar surface area (TPSA) is 119 Å². The highest BCUT2D eigenvalue weighted by Crippen LogP contribution is 2.31. The number of carbonyl (C=O) groups excluding carboxylic acids is 2. The Kier molecular flexibility index (Phi) is 5.06. The van der Waals surface area contributed by atoms with Crippen LogP contribution in [-0.4, -0.2) is 36.4 Å².